The van der Waals surface area contributed by atoms with Crippen LogP contribution in [-0.4, -0.2) is 28.1 Å². The SMILES string of the molecule is CC1(NS(=O)(=O)c2cc3c(=O)n(Cc4nc5c(s4)CCCC5)c(=O)n(Cc4ccc5c(c4)COC5)c3s2)CC1. The van der Waals surface area contributed by atoms with Gasteiger partial charge in [0.2, 0.25) is 0 Å². The fourth-order valence-electron chi connectivity index (χ4n) is 5.37. The molecule has 3 aliphatic rings. The number of thiazole rings is 1. The van der Waals surface area contributed by atoms with Crippen molar-refractivity contribution in [2.24, 2.45) is 0 Å². The minimum atomic E-state index is -3.84. The van der Waals surface area contributed by atoms with Crippen molar-refractivity contribution in [3.05, 3.63) is 77.4 Å². The van der Waals surface area contributed by atoms with E-state index < -0.39 is 26.8 Å². The molecule has 0 radical (unpaired) electrons. The van der Waals surface area contributed by atoms with Crippen molar-refractivity contribution in [3.8, 4) is 0 Å². The van der Waals surface area contributed by atoms with Crippen LogP contribution < -0.4 is 16.0 Å². The predicted molar refractivity (Wildman–Crippen MR) is 150 cm³/mol. The molecule has 0 saturated heterocycles. The highest BCUT2D eigenvalue weighted by atomic mass is 32.2. The molecule has 1 aromatic carbocycles. The molecule has 2 aliphatic carbocycles. The first-order valence-corrected chi connectivity index (χ1v) is 16.3. The first-order chi connectivity index (χ1) is 18.7. The fourth-order valence-corrected chi connectivity index (χ4v) is 9.42. The van der Waals surface area contributed by atoms with Gasteiger partial charge in [0.15, 0.2) is 0 Å². The smallest absolute Gasteiger partial charge is 0.332 e. The molecule has 0 bridgehead atoms. The maximum atomic E-state index is 13.9. The zero-order chi connectivity index (χ0) is 26.9. The Bertz CT molecular complexity index is 1840. The standard InChI is InChI=1S/C27H28N4O5S3/c1-27(8-9-27)29-39(34,35)23-11-19-24(32)30(13-22-28-20-4-2-3-5-21(20)37-22)26(33)31(25(19)38-23)12-16-6-7-17-14-36-15-18(17)10-16/h6-7,10-11,29H,2-5,8-9,12-15H2,1H3. The largest absolute Gasteiger partial charge is 0.372 e. The van der Waals surface area contributed by atoms with Crippen LogP contribution in [0.25, 0.3) is 10.2 Å². The normalized spacial score (nSPS) is 17.9. The van der Waals surface area contributed by atoms with Crippen LogP contribution in [0.4, 0.5) is 0 Å². The molecule has 4 aromatic rings. The van der Waals surface area contributed by atoms with Crippen LogP contribution in [0.3, 0.4) is 0 Å². The summed E-state index contributed by atoms with van der Waals surface area (Å²) in [5.41, 5.74) is 2.75. The van der Waals surface area contributed by atoms with E-state index in [1.807, 2.05) is 25.1 Å². The maximum Gasteiger partial charge on any atom is 0.332 e. The summed E-state index contributed by atoms with van der Waals surface area (Å²) in [6.45, 7) is 3.24. The van der Waals surface area contributed by atoms with Gasteiger partial charge in [-0.1, -0.05) is 18.2 Å². The number of ether oxygens (including phenoxy) is 1. The first kappa shape index (κ1) is 25.3. The Labute approximate surface area is 233 Å². The van der Waals surface area contributed by atoms with Crippen molar-refractivity contribution in [1.29, 1.82) is 0 Å². The van der Waals surface area contributed by atoms with Crippen molar-refractivity contribution in [3.63, 3.8) is 0 Å². The van der Waals surface area contributed by atoms with E-state index in [2.05, 4.69) is 4.72 Å². The van der Waals surface area contributed by atoms with Gasteiger partial charge >= 0.3 is 5.69 Å². The van der Waals surface area contributed by atoms with Gasteiger partial charge in [-0.15, -0.1) is 22.7 Å². The van der Waals surface area contributed by atoms with E-state index in [-0.39, 0.29) is 22.7 Å². The number of hydrogen-bond donors (Lipinski definition) is 1. The molecular formula is C27H28N4O5S3. The third-order valence-electron chi connectivity index (χ3n) is 7.83. The summed E-state index contributed by atoms with van der Waals surface area (Å²) in [4.78, 5) is 33.9. The molecule has 204 valence electrons. The summed E-state index contributed by atoms with van der Waals surface area (Å²) in [7, 11) is -3.84. The number of fused-ring (bicyclic) bond motifs is 3. The second-order valence-corrected chi connectivity index (χ2v) is 15.1. The summed E-state index contributed by atoms with van der Waals surface area (Å²) < 4.78 is 37.5. The summed E-state index contributed by atoms with van der Waals surface area (Å²) in [5.74, 6) is 0. The highest BCUT2D eigenvalue weighted by Crippen LogP contribution is 2.37. The monoisotopic (exact) mass is 584 g/mol. The van der Waals surface area contributed by atoms with E-state index in [9.17, 15) is 18.0 Å². The fraction of sp³-hybridized carbons (Fsp3) is 0.444. The molecule has 1 fully saturated rings. The lowest BCUT2D eigenvalue weighted by atomic mass is 10.0. The minimum absolute atomic E-state index is 0.0423. The van der Waals surface area contributed by atoms with Gasteiger partial charge in [-0.25, -0.2) is 22.9 Å². The molecule has 1 aliphatic heterocycles. The Balaban J connectivity index is 1.36. The van der Waals surface area contributed by atoms with Crippen molar-refractivity contribution in [1.82, 2.24) is 18.8 Å². The van der Waals surface area contributed by atoms with Gasteiger partial charge in [-0.3, -0.25) is 13.9 Å². The number of nitrogens with zero attached hydrogens (tertiary/aromatic N) is 3. The van der Waals surface area contributed by atoms with E-state index in [1.54, 1.807) is 11.3 Å². The number of aryl methyl sites for hydroxylation is 2. The van der Waals surface area contributed by atoms with Crippen molar-refractivity contribution < 1.29 is 13.2 Å². The highest BCUT2D eigenvalue weighted by molar-refractivity contribution is 7.91. The topological polar surface area (TPSA) is 112 Å². The Morgan fingerprint density at radius 2 is 1.82 bits per heavy atom. The second-order valence-electron chi connectivity index (χ2n) is 11.0. The average Bonchev–Trinajstić information content (AvgIpc) is 3.33. The molecule has 12 heteroatoms. The number of thiophene rings is 1. The Morgan fingerprint density at radius 1 is 1.03 bits per heavy atom. The number of sulfonamides is 1. The summed E-state index contributed by atoms with van der Waals surface area (Å²) >= 11 is 2.53. The van der Waals surface area contributed by atoms with Crippen molar-refractivity contribution >= 4 is 42.9 Å². The van der Waals surface area contributed by atoms with E-state index in [0.717, 1.165) is 77.3 Å². The van der Waals surface area contributed by atoms with Crippen LogP contribution >= 0.6 is 22.7 Å². The number of rotatable bonds is 7. The Hall–Kier alpha value is -2.64. The summed E-state index contributed by atoms with van der Waals surface area (Å²) in [6.07, 6.45) is 5.66. The molecular weight excluding hydrogens is 557 g/mol. The lowest BCUT2D eigenvalue weighted by molar-refractivity contribution is 0.134. The maximum absolute atomic E-state index is 13.9. The van der Waals surface area contributed by atoms with E-state index in [4.69, 9.17) is 9.72 Å². The molecule has 7 rings (SSSR count). The molecule has 0 unspecified atom stereocenters. The number of hydrogen-bond acceptors (Lipinski definition) is 8. The second kappa shape index (κ2) is 9.20. The van der Waals surface area contributed by atoms with Gasteiger partial charge in [-0.05, 0) is 68.2 Å². The number of benzene rings is 1. The molecule has 0 spiro atoms. The van der Waals surface area contributed by atoms with Crippen LogP contribution in [0.2, 0.25) is 0 Å². The molecule has 1 N–H and O–H groups in total. The Kier molecular flexibility index (Phi) is 5.98. The van der Waals surface area contributed by atoms with Crippen LogP contribution in [0.15, 0.2) is 38.1 Å². The van der Waals surface area contributed by atoms with Crippen molar-refractivity contribution in [2.45, 2.75) is 81.5 Å². The summed E-state index contributed by atoms with van der Waals surface area (Å²) in [5, 5.41) is 0.958. The first-order valence-electron chi connectivity index (χ1n) is 13.2. The van der Waals surface area contributed by atoms with Gasteiger partial charge < -0.3 is 4.74 Å². The van der Waals surface area contributed by atoms with E-state index in [0.29, 0.717) is 18.0 Å². The van der Waals surface area contributed by atoms with E-state index in [1.165, 1.54) is 20.1 Å². The predicted octanol–water partition coefficient (Wildman–Crippen LogP) is 3.52. The van der Waals surface area contributed by atoms with Crippen LogP contribution in [0.5, 0.6) is 0 Å². The molecule has 0 atom stereocenters. The lowest BCUT2D eigenvalue weighted by Crippen LogP contribution is -2.40. The van der Waals surface area contributed by atoms with Crippen LogP contribution in [-0.2, 0) is 53.9 Å². The third-order valence-corrected chi connectivity index (χ3v) is 12.2. The van der Waals surface area contributed by atoms with Crippen LogP contribution in [0.1, 0.15) is 64.9 Å². The van der Waals surface area contributed by atoms with Gasteiger partial charge in [-0.2, -0.15) is 0 Å². The molecule has 39 heavy (non-hydrogen) atoms. The van der Waals surface area contributed by atoms with Crippen molar-refractivity contribution in [2.75, 3.05) is 0 Å². The highest BCUT2D eigenvalue weighted by Gasteiger charge is 2.42. The zero-order valence-electron chi connectivity index (χ0n) is 21.5. The third kappa shape index (κ3) is 4.61. The molecule has 9 nitrogen and oxygen atoms in total. The van der Waals surface area contributed by atoms with Gasteiger partial charge in [0.05, 0.1) is 37.4 Å². The van der Waals surface area contributed by atoms with E-state index >= 15 is 0 Å². The molecule has 0 amide bonds. The minimum Gasteiger partial charge on any atom is -0.372 e. The quantitative estimate of drug-likeness (QED) is 0.356. The average molecular weight is 585 g/mol. The van der Waals surface area contributed by atoms with Gasteiger partial charge in [0.1, 0.15) is 14.0 Å². The summed E-state index contributed by atoms with van der Waals surface area (Å²) in [6, 6.07) is 7.40. The zero-order valence-corrected chi connectivity index (χ0v) is 23.9. The number of aromatic nitrogens is 3. The molecule has 1 saturated carbocycles. The Morgan fingerprint density at radius 3 is 2.62 bits per heavy atom. The van der Waals surface area contributed by atoms with Gasteiger partial charge in [0.25, 0.3) is 15.6 Å². The van der Waals surface area contributed by atoms with Gasteiger partial charge in [0, 0.05) is 10.4 Å². The molecule has 3 aromatic heterocycles. The lowest BCUT2D eigenvalue weighted by Gasteiger charge is -2.12. The number of nitrogens with one attached hydrogen (secondary N) is 1. The molecule has 4 heterocycles. The van der Waals surface area contributed by atoms with Crippen LogP contribution in [0, 0.1) is 0 Å².